The highest BCUT2D eigenvalue weighted by molar-refractivity contribution is 5.73. The first-order valence-electron chi connectivity index (χ1n) is 8.54. The summed E-state index contributed by atoms with van der Waals surface area (Å²) in [5.41, 5.74) is 2.25. The van der Waals surface area contributed by atoms with Crippen molar-refractivity contribution >= 4 is 17.1 Å². The fourth-order valence-corrected chi connectivity index (χ4v) is 4.13. The van der Waals surface area contributed by atoms with E-state index in [-0.39, 0.29) is 34.2 Å². The summed E-state index contributed by atoms with van der Waals surface area (Å²) < 4.78 is 5.43. The van der Waals surface area contributed by atoms with Gasteiger partial charge in [0, 0.05) is 24.1 Å². The second-order valence-corrected chi connectivity index (χ2v) is 6.66. The van der Waals surface area contributed by atoms with E-state index in [2.05, 4.69) is 5.32 Å². The predicted octanol–water partition coefficient (Wildman–Crippen LogP) is 4.34. The number of nitrogens with zero attached hydrogens (tertiary/aromatic N) is 2. The predicted molar refractivity (Wildman–Crippen MR) is 99.1 cm³/mol. The quantitative estimate of drug-likeness (QED) is 0.489. The molecule has 0 radical (unpaired) electrons. The molecule has 0 amide bonds. The van der Waals surface area contributed by atoms with Crippen molar-refractivity contribution in [1.29, 1.82) is 0 Å². The summed E-state index contributed by atoms with van der Waals surface area (Å²) in [6.45, 7) is 0. The van der Waals surface area contributed by atoms with Crippen molar-refractivity contribution in [2.24, 2.45) is 5.92 Å². The van der Waals surface area contributed by atoms with E-state index < -0.39 is 4.92 Å². The molecular weight excluding hydrogens is 350 g/mol. The lowest BCUT2D eigenvalue weighted by Gasteiger charge is -2.37. The third-order valence-electron chi connectivity index (χ3n) is 5.34. The zero-order valence-electron chi connectivity index (χ0n) is 14.5. The van der Waals surface area contributed by atoms with Crippen LogP contribution in [0, 0.1) is 26.1 Å². The molecular formula is C19H17N3O5. The third kappa shape index (κ3) is 2.69. The summed E-state index contributed by atoms with van der Waals surface area (Å²) in [5, 5.41) is 25.9. The summed E-state index contributed by atoms with van der Waals surface area (Å²) in [7, 11) is 1.53. The number of allylic oxidation sites excluding steroid dienone is 2. The van der Waals surface area contributed by atoms with Gasteiger partial charge in [0.05, 0.1) is 34.2 Å². The van der Waals surface area contributed by atoms with Crippen molar-refractivity contribution in [2.75, 3.05) is 12.4 Å². The molecule has 2 aliphatic rings. The summed E-state index contributed by atoms with van der Waals surface area (Å²) in [6, 6.07) is 9.38. The van der Waals surface area contributed by atoms with Gasteiger partial charge in [-0.1, -0.05) is 24.3 Å². The lowest BCUT2D eigenvalue weighted by molar-refractivity contribution is -0.385. The zero-order chi connectivity index (χ0) is 19.1. The average molecular weight is 367 g/mol. The van der Waals surface area contributed by atoms with Crippen LogP contribution < -0.4 is 10.1 Å². The van der Waals surface area contributed by atoms with E-state index >= 15 is 0 Å². The minimum Gasteiger partial charge on any atom is -0.495 e. The molecule has 0 bridgehead atoms. The Morgan fingerprint density at radius 1 is 1.07 bits per heavy atom. The van der Waals surface area contributed by atoms with Gasteiger partial charge < -0.3 is 10.1 Å². The van der Waals surface area contributed by atoms with Gasteiger partial charge in [-0.25, -0.2) is 0 Å². The molecule has 0 saturated carbocycles. The molecule has 0 fully saturated rings. The van der Waals surface area contributed by atoms with E-state index in [9.17, 15) is 20.2 Å². The van der Waals surface area contributed by atoms with E-state index in [0.717, 1.165) is 12.0 Å². The van der Waals surface area contributed by atoms with Gasteiger partial charge in [-0.15, -0.1) is 0 Å². The second-order valence-electron chi connectivity index (χ2n) is 6.66. The van der Waals surface area contributed by atoms with Crippen LogP contribution in [0.2, 0.25) is 0 Å². The summed E-state index contributed by atoms with van der Waals surface area (Å²) >= 11 is 0. The molecule has 3 unspecified atom stereocenters. The first-order valence-corrected chi connectivity index (χ1v) is 8.54. The fourth-order valence-electron chi connectivity index (χ4n) is 4.13. The standard InChI is InChI=1S/C19H17N3O5/c1-27-16-10-9-15(22(25)26)17-13-3-2-4-14(13)18(20-19(16)17)11-5-7-12(8-6-11)21(23)24/h2-3,5-10,13-14,18,20H,4H2,1H3. The third-order valence-corrected chi connectivity index (χ3v) is 5.34. The highest BCUT2D eigenvalue weighted by atomic mass is 16.6. The fraction of sp³-hybridized carbons (Fsp3) is 0.263. The van der Waals surface area contributed by atoms with Crippen LogP contribution in [0.4, 0.5) is 17.1 Å². The molecule has 4 rings (SSSR count). The SMILES string of the molecule is COc1ccc([N+](=O)[O-])c2c1NC(c1ccc([N+](=O)[O-])cc1)C1CC=CC21. The molecule has 3 atom stereocenters. The molecule has 138 valence electrons. The average Bonchev–Trinajstić information content (AvgIpc) is 3.16. The monoisotopic (exact) mass is 367 g/mol. The Bertz CT molecular complexity index is 955. The Labute approximate surface area is 154 Å². The molecule has 1 N–H and O–H groups in total. The second kappa shape index (κ2) is 6.39. The van der Waals surface area contributed by atoms with Crippen LogP contribution in [-0.4, -0.2) is 17.0 Å². The number of benzene rings is 2. The van der Waals surface area contributed by atoms with E-state index in [0.29, 0.717) is 17.0 Å². The highest BCUT2D eigenvalue weighted by Gasteiger charge is 2.42. The summed E-state index contributed by atoms with van der Waals surface area (Å²) in [4.78, 5) is 21.7. The van der Waals surface area contributed by atoms with Crippen molar-refractivity contribution in [3.05, 3.63) is 79.9 Å². The van der Waals surface area contributed by atoms with Crippen molar-refractivity contribution < 1.29 is 14.6 Å². The maximum Gasteiger partial charge on any atom is 0.275 e. The number of rotatable bonds is 4. The Morgan fingerprint density at radius 2 is 1.81 bits per heavy atom. The lowest BCUT2D eigenvalue weighted by atomic mass is 9.76. The van der Waals surface area contributed by atoms with Crippen LogP contribution in [0.5, 0.6) is 5.75 Å². The topological polar surface area (TPSA) is 108 Å². The first-order chi connectivity index (χ1) is 13.0. The number of hydrogen-bond donors (Lipinski definition) is 1. The molecule has 27 heavy (non-hydrogen) atoms. The van der Waals surface area contributed by atoms with Gasteiger partial charge in [0.15, 0.2) is 0 Å². The number of nitro groups is 2. The highest BCUT2D eigenvalue weighted by Crippen LogP contribution is 2.54. The van der Waals surface area contributed by atoms with Crippen LogP contribution in [0.15, 0.2) is 48.6 Å². The molecule has 0 saturated heterocycles. The van der Waals surface area contributed by atoms with Gasteiger partial charge in [0.2, 0.25) is 0 Å². The summed E-state index contributed by atoms with van der Waals surface area (Å²) in [6.07, 6.45) is 4.82. The lowest BCUT2D eigenvalue weighted by Crippen LogP contribution is -2.30. The number of methoxy groups -OCH3 is 1. The van der Waals surface area contributed by atoms with Crippen molar-refractivity contribution in [3.8, 4) is 5.75 Å². The molecule has 2 aromatic rings. The summed E-state index contributed by atoms with van der Waals surface area (Å²) in [5.74, 6) is 0.517. The van der Waals surface area contributed by atoms with E-state index in [1.54, 1.807) is 18.2 Å². The van der Waals surface area contributed by atoms with Gasteiger partial charge in [0.25, 0.3) is 11.4 Å². The molecule has 0 spiro atoms. The van der Waals surface area contributed by atoms with Gasteiger partial charge in [-0.05, 0) is 24.0 Å². The number of non-ortho nitro benzene ring substituents is 1. The Hall–Kier alpha value is -3.42. The molecule has 8 heteroatoms. The van der Waals surface area contributed by atoms with Crippen LogP contribution in [0.1, 0.15) is 29.5 Å². The molecule has 1 aliphatic heterocycles. The van der Waals surface area contributed by atoms with E-state index in [4.69, 9.17) is 4.74 Å². The normalized spacial score (nSPS) is 22.5. The Balaban J connectivity index is 1.83. The number of fused-ring (bicyclic) bond motifs is 3. The van der Waals surface area contributed by atoms with Crippen LogP contribution in [0.25, 0.3) is 0 Å². The number of anilines is 1. The maximum atomic E-state index is 11.6. The first kappa shape index (κ1) is 17.0. The van der Waals surface area contributed by atoms with Crippen molar-refractivity contribution in [1.82, 2.24) is 0 Å². The van der Waals surface area contributed by atoms with Gasteiger partial charge in [0.1, 0.15) is 5.75 Å². The number of ether oxygens (including phenoxy) is 1. The minimum absolute atomic E-state index is 0.0317. The van der Waals surface area contributed by atoms with E-state index in [1.165, 1.54) is 25.3 Å². The van der Waals surface area contributed by atoms with Crippen molar-refractivity contribution in [2.45, 2.75) is 18.4 Å². The number of hydrogen-bond acceptors (Lipinski definition) is 6. The Kier molecular flexibility index (Phi) is 4.02. The van der Waals surface area contributed by atoms with Crippen LogP contribution in [-0.2, 0) is 0 Å². The van der Waals surface area contributed by atoms with Gasteiger partial charge in [-0.3, -0.25) is 20.2 Å². The zero-order valence-corrected chi connectivity index (χ0v) is 14.5. The van der Waals surface area contributed by atoms with Gasteiger partial charge in [-0.2, -0.15) is 0 Å². The smallest absolute Gasteiger partial charge is 0.275 e. The van der Waals surface area contributed by atoms with Crippen LogP contribution >= 0.6 is 0 Å². The number of nitro benzene ring substituents is 2. The minimum atomic E-state index is -0.431. The van der Waals surface area contributed by atoms with Crippen LogP contribution in [0.3, 0.4) is 0 Å². The van der Waals surface area contributed by atoms with Gasteiger partial charge >= 0.3 is 0 Å². The maximum absolute atomic E-state index is 11.6. The largest absolute Gasteiger partial charge is 0.495 e. The Morgan fingerprint density at radius 3 is 2.44 bits per heavy atom. The molecule has 8 nitrogen and oxygen atoms in total. The molecule has 2 aromatic carbocycles. The van der Waals surface area contributed by atoms with E-state index in [1.807, 2.05) is 12.2 Å². The molecule has 1 heterocycles. The van der Waals surface area contributed by atoms with Crippen molar-refractivity contribution in [3.63, 3.8) is 0 Å². The molecule has 1 aliphatic carbocycles. The number of nitrogens with one attached hydrogen (secondary N) is 1. The molecule has 0 aromatic heterocycles.